The van der Waals surface area contributed by atoms with Gasteiger partial charge < -0.3 is 10.1 Å². The molecule has 4 heteroatoms. The topological polar surface area (TPSA) is 62.1 Å². The maximum absolute atomic E-state index is 11.2. The lowest BCUT2D eigenvalue weighted by atomic mass is 10.1. The summed E-state index contributed by atoms with van der Waals surface area (Å²) in [5.74, 6) is 0.440. The predicted molar refractivity (Wildman–Crippen MR) is 71.5 cm³/mol. The fraction of sp³-hybridized carbons (Fsp3) is 0.0667. The molecular weight excluding hydrogens is 240 g/mol. The van der Waals surface area contributed by atoms with Crippen molar-refractivity contribution in [2.75, 3.05) is 6.54 Å². The fourth-order valence-electron chi connectivity index (χ4n) is 1.60. The zero-order chi connectivity index (χ0) is 13.5. The summed E-state index contributed by atoms with van der Waals surface area (Å²) in [5, 5.41) is 10.6. The second-order valence-electron chi connectivity index (χ2n) is 3.79. The highest BCUT2D eigenvalue weighted by atomic mass is 16.5. The van der Waals surface area contributed by atoms with E-state index in [-0.39, 0.29) is 6.54 Å². The highest BCUT2D eigenvalue weighted by Gasteiger charge is 2.03. The van der Waals surface area contributed by atoms with Crippen molar-refractivity contribution in [3.63, 3.8) is 0 Å². The molecule has 0 aliphatic rings. The molecule has 2 rings (SSSR count). The summed E-state index contributed by atoms with van der Waals surface area (Å²) in [5.41, 5.74) is 2.15. The highest BCUT2D eigenvalue weighted by molar-refractivity contribution is 5.71. The standard InChI is InChI=1S/C15H12N2O2/c16-10-11-17-15(18)19-14-8-6-13(7-9-14)12-4-2-1-3-5-12/h1-9H,11H2,(H,17,18). The molecule has 0 fully saturated rings. The van der Waals surface area contributed by atoms with Crippen LogP contribution >= 0.6 is 0 Å². The molecule has 0 saturated heterocycles. The number of nitrogens with zero attached hydrogens (tertiary/aromatic N) is 1. The fourth-order valence-corrected chi connectivity index (χ4v) is 1.60. The molecule has 2 aromatic carbocycles. The smallest absolute Gasteiger partial charge is 0.410 e. The van der Waals surface area contributed by atoms with Crippen LogP contribution in [0.2, 0.25) is 0 Å². The van der Waals surface area contributed by atoms with Crippen LogP contribution in [-0.2, 0) is 0 Å². The Morgan fingerprint density at radius 1 is 1.05 bits per heavy atom. The molecule has 0 heterocycles. The van der Waals surface area contributed by atoms with Crippen molar-refractivity contribution < 1.29 is 9.53 Å². The number of hydrogen-bond donors (Lipinski definition) is 1. The molecule has 0 aromatic heterocycles. The highest BCUT2D eigenvalue weighted by Crippen LogP contribution is 2.21. The molecule has 0 radical (unpaired) electrons. The molecule has 0 saturated carbocycles. The van der Waals surface area contributed by atoms with Crippen molar-refractivity contribution in [3.8, 4) is 22.9 Å². The Labute approximate surface area is 111 Å². The van der Waals surface area contributed by atoms with Gasteiger partial charge in [0.25, 0.3) is 0 Å². The number of rotatable bonds is 3. The van der Waals surface area contributed by atoms with E-state index in [0.29, 0.717) is 5.75 Å². The van der Waals surface area contributed by atoms with Crippen LogP contribution in [0.1, 0.15) is 0 Å². The van der Waals surface area contributed by atoms with Crippen LogP contribution in [-0.4, -0.2) is 12.6 Å². The monoisotopic (exact) mass is 252 g/mol. The maximum atomic E-state index is 11.2. The Hall–Kier alpha value is -2.80. The second kappa shape index (κ2) is 6.22. The minimum absolute atomic E-state index is 0.0685. The van der Waals surface area contributed by atoms with E-state index in [1.807, 2.05) is 42.5 Å². The molecule has 1 N–H and O–H groups in total. The second-order valence-corrected chi connectivity index (χ2v) is 3.79. The van der Waals surface area contributed by atoms with Gasteiger partial charge in [-0.1, -0.05) is 42.5 Å². The molecule has 2 aromatic rings. The minimum atomic E-state index is -0.631. The molecule has 0 unspecified atom stereocenters. The molecular formula is C15H12N2O2. The van der Waals surface area contributed by atoms with Crippen LogP contribution in [0.15, 0.2) is 54.6 Å². The molecule has 94 valence electrons. The van der Waals surface area contributed by atoms with E-state index in [0.717, 1.165) is 11.1 Å². The van der Waals surface area contributed by atoms with Crippen molar-refractivity contribution in [2.45, 2.75) is 0 Å². The van der Waals surface area contributed by atoms with E-state index in [9.17, 15) is 4.79 Å². The normalized spacial score (nSPS) is 9.42. The van der Waals surface area contributed by atoms with Gasteiger partial charge in [0.2, 0.25) is 0 Å². The SMILES string of the molecule is N#CCNC(=O)Oc1ccc(-c2ccccc2)cc1. The molecule has 0 spiro atoms. The first kappa shape index (κ1) is 12.7. The number of ether oxygens (including phenoxy) is 1. The van der Waals surface area contributed by atoms with Crippen molar-refractivity contribution >= 4 is 6.09 Å². The number of carbonyl (C=O) groups is 1. The maximum Gasteiger partial charge on any atom is 0.413 e. The lowest BCUT2D eigenvalue weighted by molar-refractivity contribution is 0.202. The van der Waals surface area contributed by atoms with Gasteiger partial charge in [-0.2, -0.15) is 5.26 Å². The Bertz CT molecular complexity index is 586. The van der Waals surface area contributed by atoms with Crippen LogP contribution in [0, 0.1) is 11.3 Å². The third-order valence-electron chi connectivity index (χ3n) is 2.48. The third kappa shape index (κ3) is 3.58. The predicted octanol–water partition coefficient (Wildman–Crippen LogP) is 2.97. The first-order valence-electron chi connectivity index (χ1n) is 5.78. The van der Waals surface area contributed by atoms with Gasteiger partial charge in [-0.05, 0) is 23.3 Å². The lowest BCUT2D eigenvalue weighted by Gasteiger charge is -2.05. The van der Waals surface area contributed by atoms with Crippen LogP contribution < -0.4 is 10.1 Å². The molecule has 19 heavy (non-hydrogen) atoms. The van der Waals surface area contributed by atoms with E-state index in [1.54, 1.807) is 18.2 Å². The zero-order valence-electron chi connectivity index (χ0n) is 10.2. The summed E-state index contributed by atoms with van der Waals surface area (Å²) >= 11 is 0. The summed E-state index contributed by atoms with van der Waals surface area (Å²) in [6.07, 6.45) is -0.631. The Balaban J connectivity index is 2.03. The van der Waals surface area contributed by atoms with Crippen molar-refractivity contribution in [1.82, 2.24) is 5.32 Å². The largest absolute Gasteiger partial charge is 0.413 e. The van der Waals surface area contributed by atoms with E-state index in [4.69, 9.17) is 10.00 Å². The zero-order valence-corrected chi connectivity index (χ0v) is 10.2. The molecule has 1 amide bonds. The van der Waals surface area contributed by atoms with Crippen LogP contribution in [0.5, 0.6) is 5.75 Å². The summed E-state index contributed by atoms with van der Waals surface area (Å²) in [4.78, 5) is 11.2. The number of carbonyl (C=O) groups excluding carboxylic acids is 1. The summed E-state index contributed by atoms with van der Waals surface area (Å²) in [6, 6.07) is 18.9. The van der Waals surface area contributed by atoms with Crippen molar-refractivity contribution in [2.24, 2.45) is 0 Å². The van der Waals surface area contributed by atoms with Gasteiger partial charge in [-0.3, -0.25) is 0 Å². The molecule has 0 aliphatic carbocycles. The quantitative estimate of drug-likeness (QED) is 0.854. The van der Waals surface area contributed by atoms with E-state index < -0.39 is 6.09 Å². The number of hydrogen-bond acceptors (Lipinski definition) is 3. The molecule has 4 nitrogen and oxygen atoms in total. The average Bonchev–Trinajstić information content (AvgIpc) is 2.47. The van der Waals surface area contributed by atoms with Crippen LogP contribution in [0.4, 0.5) is 4.79 Å². The summed E-state index contributed by atoms with van der Waals surface area (Å²) < 4.78 is 5.01. The van der Waals surface area contributed by atoms with E-state index >= 15 is 0 Å². The van der Waals surface area contributed by atoms with E-state index in [1.165, 1.54) is 0 Å². The Morgan fingerprint density at radius 3 is 2.32 bits per heavy atom. The number of benzene rings is 2. The average molecular weight is 252 g/mol. The van der Waals surface area contributed by atoms with Gasteiger partial charge in [-0.25, -0.2) is 4.79 Å². The van der Waals surface area contributed by atoms with Gasteiger partial charge in [0, 0.05) is 0 Å². The molecule has 0 aliphatic heterocycles. The van der Waals surface area contributed by atoms with Crippen molar-refractivity contribution in [3.05, 3.63) is 54.6 Å². The lowest BCUT2D eigenvalue weighted by Crippen LogP contribution is -2.26. The van der Waals surface area contributed by atoms with Gasteiger partial charge >= 0.3 is 6.09 Å². The number of amides is 1. The summed E-state index contributed by atoms with van der Waals surface area (Å²) in [6.45, 7) is -0.0685. The van der Waals surface area contributed by atoms with Crippen molar-refractivity contribution in [1.29, 1.82) is 5.26 Å². The van der Waals surface area contributed by atoms with Gasteiger partial charge in [0.15, 0.2) is 0 Å². The number of nitriles is 1. The Kier molecular flexibility index (Phi) is 4.14. The van der Waals surface area contributed by atoms with Crippen LogP contribution in [0.3, 0.4) is 0 Å². The van der Waals surface area contributed by atoms with Gasteiger partial charge in [0.05, 0.1) is 6.07 Å². The number of nitrogens with one attached hydrogen (secondary N) is 1. The third-order valence-corrected chi connectivity index (χ3v) is 2.48. The first-order chi connectivity index (χ1) is 9.29. The van der Waals surface area contributed by atoms with Crippen LogP contribution in [0.25, 0.3) is 11.1 Å². The molecule has 0 atom stereocenters. The van der Waals surface area contributed by atoms with Gasteiger partial charge in [0.1, 0.15) is 12.3 Å². The Morgan fingerprint density at radius 2 is 1.68 bits per heavy atom. The van der Waals surface area contributed by atoms with Gasteiger partial charge in [-0.15, -0.1) is 0 Å². The van der Waals surface area contributed by atoms with E-state index in [2.05, 4.69) is 5.32 Å². The summed E-state index contributed by atoms with van der Waals surface area (Å²) in [7, 11) is 0. The molecule has 0 bridgehead atoms. The first-order valence-corrected chi connectivity index (χ1v) is 5.78. The minimum Gasteiger partial charge on any atom is -0.410 e.